The lowest BCUT2D eigenvalue weighted by Crippen LogP contribution is -2.52. The third kappa shape index (κ3) is 7.02. The Kier molecular flexibility index (Phi) is 9.44. The molecular formula is C29H34Cl2N2O3. The van der Waals surface area contributed by atoms with Crippen LogP contribution in [0.4, 0.5) is 0 Å². The molecule has 2 aromatic carbocycles. The number of halogens is 2. The maximum Gasteiger partial charge on any atom is 0.307 e. The lowest BCUT2D eigenvalue weighted by atomic mass is 9.74. The number of benzene rings is 2. The second-order valence-corrected chi connectivity index (χ2v) is 11.3. The van der Waals surface area contributed by atoms with E-state index >= 15 is 0 Å². The van der Waals surface area contributed by atoms with Crippen LogP contribution >= 0.6 is 23.2 Å². The summed E-state index contributed by atoms with van der Waals surface area (Å²) < 4.78 is 5.57. The lowest BCUT2D eigenvalue weighted by molar-refractivity contribution is -0.161. The van der Waals surface area contributed by atoms with Crippen LogP contribution in [0.15, 0.2) is 48.5 Å². The number of piperidine rings is 1. The van der Waals surface area contributed by atoms with Gasteiger partial charge in [-0.2, -0.15) is 5.26 Å². The molecule has 7 heteroatoms. The fraction of sp³-hybridized carbons (Fsp3) is 0.483. The molecule has 0 spiro atoms. The zero-order valence-electron chi connectivity index (χ0n) is 21.3. The standard InChI is InChI=1S/C29H34Cl2N2O3/c1-5-24(10-7-15-32)33-27(19-11-13-22(30)14-12-19)25(20-8-6-9-23(31)16-20)17-21(28(33)35)18-26(34)36-29(2,3)4/h6,8-9,11-14,16,21,24-25,27H,5,7,10,17-18H2,1-4H3/t21-,24?,25?,27-/m1/s1. The van der Waals surface area contributed by atoms with Crippen molar-refractivity contribution in [3.8, 4) is 6.07 Å². The van der Waals surface area contributed by atoms with Crippen molar-refractivity contribution in [2.45, 2.75) is 83.4 Å². The molecule has 192 valence electrons. The number of esters is 1. The smallest absolute Gasteiger partial charge is 0.307 e. The van der Waals surface area contributed by atoms with E-state index in [0.717, 1.165) is 11.1 Å². The first-order valence-corrected chi connectivity index (χ1v) is 13.2. The van der Waals surface area contributed by atoms with Gasteiger partial charge in [0.25, 0.3) is 0 Å². The van der Waals surface area contributed by atoms with Crippen molar-refractivity contribution in [1.29, 1.82) is 5.26 Å². The monoisotopic (exact) mass is 528 g/mol. The number of hydrogen-bond acceptors (Lipinski definition) is 4. The molecule has 1 aliphatic heterocycles. The van der Waals surface area contributed by atoms with Crippen molar-refractivity contribution in [1.82, 2.24) is 4.90 Å². The Bertz CT molecular complexity index is 1100. The van der Waals surface area contributed by atoms with E-state index in [1.165, 1.54) is 0 Å². The summed E-state index contributed by atoms with van der Waals surface area (Å²) in [6.07, 6.45) is 2.08. The summed E-state index contributed by atoms with van der Waals surface area (Å²) in [5, 5.41) is 10.5. The number of carbonyl (C=O) groups is 2. The third-order valence-corrected chi connectivity index (χ3v) is 7.09. The van der Waals surface area contributed by atoms with Crippen molar-refractivity contribution in [3.05, 3.63) is 69.7 Å². The van der Waals surface area contributed by atoms with Gasteiger partial charge >= 0.3 is 5.97 Å². The number of likely N-dealkylation sites (tertiary alicyclic amines) is 1. The van der Waals surface area contributed by atoms with Gasteiger partial charge in [-0.05, 0) is 75.4 Å². The second kappa shape index (κ2) is 12.1. The van der Waals surface area contributed by atoms with Gasteiger partial charge in [0.2, 0.25) is 5.91 Å². The molecule has 3 rings (SSSR count). The number of rotatable bonds is 8. The van der Waals surface area contributed by atoms with Crippen LogP contribution in [0, 0.1) is 17.2 Å². The highest BCUT2D eigenvalue weighted by atomic mass is 35.5. The van der Waals surface area contributed by atoms with Crippen LogP contribution in [0.3, 0.4) is 0 Å². The van der Waals surface area contributed by atoms with E-state index in [0.29, 0.717) is 35.7 Å². The largest absolute Gasteiger partial charge is 0.460 e. The molecule has 0 radical (unpaired) electrons. The lowest BCUT2D eigenvalue weighted by Gasteiger charge is -2.48. The van der Waals surface area contributed by atoms with Crippen LogP contribution in [0.5, 0.6) is 0 Å². The highest BCUT2D eigenvalue weighted by Crippen LogP contribution is 2.48. The van der Waals surface area contributed by atoms with Crippen molar-refractivity contribution in [3.63, 3.8) is 0 Å². The summed E-state index contributed by atoms with van der Waals surface area (Å²) >= 11 is 12.6. The molecule has 1 fully saturated rings. The molecule has 0 bridgehead atoms. The molecule has 36 heavy (non-hydrogen) atoms. The summed E-state index contributed by atoms with van der Waals surface area (Å²) in [5.41, 5.74) is 1.33. The van der Waals surface area contributed by atoms with Gasteiger partial charge < -0.3 is 9.64 Å². The number of ether oxygens (including phenoxy) is 1. The van der Waals surface area contributed by atoms with Crippen molar-refractivity contribution in [2.75, 3.05) is 0 Å². The summed E-state index contributed by atoms with van der Waals surface area (Å²) in [6.45, 7) is 7.49. The zero-order chi connectivity index (χ0) is 26.5. The second-order valence-electron chi connectivity index (χ2n) is 10.4. The van der Waals surface area contributed by atoms with Crippen molar-refractivity contribution >= 4 is 35.1 Å². The van der Waals surface area contributed by atoms with Gasteiger partial charge in [-0.1, -0.05) is 54.4 Å². The molecule has 1 saturated heterocycles. The minimum Gasteiger partial charge on any atom is -0.460 e. The maximum atomic E-state index is 14.1. The number of carbonyl (C=O) groups excluding carboxylic acids is 2. The van der Waals surface area contributed by atoms with Gasteiger partial charge in [0.15, 0.2) is 0 Å². The third-order valence-electron chi connectivity index (χ3n) is 6.60. The predicted molar refractivity (Wildman–Crippen MR) is 143 cm³/mol. The number of amides is 1. The van der Waals surface area contributed by atoms with Gasteiger partial charge in [-0.15, -0.1) is 0 Å². The zero-order valence-corrected chi connectivity index (χ0v) is 22.9. The molecule has 2 aromatic rings. The van der Waals surface area contributed by atoms with Gasteiger partial charge in [-0.25, -0.2) is 0 Å². The Hall–Kier alpha value is -2.55. The summed E-state index contributed by atoms with van der Waals surface area (Å²) in [7, 11) is 0. The Labute approximate surface area is 224 Å². The first-order valence-electron chi connectivity index (χ1n) is 12.5. The molecule has 1 amide bonds. The minimum absolute atomic E-state index is 0.00565. The molecule has 5 nitrogen and oxygen atoms in total. The quantitative estimate of drug-likeness (QED) is 0.333. The average Bonchev–Trinajstić information content (AvgIpc) is 2.81. The van der Waals surface area contributed by atoms with E-state index in [-0.39, 0.29) is 36.3 Å². The van der Waals surface area contributed by atoms with Gasteiger partial charge in [-0.3, -0.25) is 9.59 Å². The maximum absolute atomic E-state index is 14.1. The Balaban J connectivity index is 2.11. The Morgan fingerprint density at radius 3 is 2.42 bits per heavy atom. The van der Waals surface area contributed by atoms with E-state index < -0.39 is 11.5 Å². The van der Waals surface area contributed by atoms with Crippen molar-refractivity contribution < 1.29 is 14.3 Å². The molecule has 1 aliphatic rings. The molecule has 0 aliphatic carbocycles. The highest BCUT2D eigenvalue weighted by Gasteiger charge is 2.46. The first kappa shape index (κ1) is 28.0. The van der Waals surface area contributed by atoms with Gasteiger partial charge in [0.1, 0.15) is 5.60 Å². The van der Waals surface area contributed by atoms with Crippen LogP contribution in [-0.2, 0) is 14.3 Å². The van der Waals surface area contributed by atoms with Gasteiger partial charge in [0, 0.05) is 34.3 Å². The van der Waals surface area contributed by atoms with E-state index in [4.69, 9.17) is 27.9 Å². The molecule has 0 N–H and O–H groups in total. The first-order chi connectivity index (χ1) is 17.0. The minimum atomic E-state index is -0.633. The van der Waals surface area contributed by atoms with Crippen LogP contribution in [-0.4, -0.2) is 28.4 Å². The number of hydrogen-bond donors (Lipinski definition) is 0. The van der Waals surface area contributed by atoms with E-state index in [9.17, 15) is 14.9 Å². The fourth-order valence-corrected chi connectivity index (χ4v) is 5.44. The number of nitriles is 1. The van der Waals surface area contributed by atoms with Crippen molar-refractivity contribution in [2.24, 2.45) is 5.92 Å². The predicted octanol–water partition coefficient (Wildman–Crippen LogP) is 7.48. The topological polar surface area (TPSA) is 70.4 Å². The summed E-state index contributed by atoms with van der Waals surface area (Å²) in [4.78, 5) is 28.8. The van der Waals surface area contributed by atoms with E-state index in [1.807, 2.05) is 81.1 Å². The van der Waals surface area contributed by atoms with E-state index in [1.54, 1.807) is 0 Å². The van der Waals surface area contributed by atoms with Crippen LogP contribution in [0.1, 0.15) is 82.9 Å². The normalized spacial score (nSPS) is 21.1. The SMILES string of the molecule is CCC(CCC#N)N1C(=O)[C@@H](CC(=O)OC(C)(C)C)CC(c2cccc(Cl)c2)[C@H]1c1ccc(Cl)cc1. The van der Waals surface area contributed by atoms with Crippen LogP contribution in [0.25, 0.3) is 0 Å². The average molecular weight is 530 g/mol. The summed E-state index contributed by atoms with van der Waals surface area (Å²) in [5.74, 6) is -1.11. The highest BCUT2D eigenvalue weighted by molar-refractivity contribution is 6.30. The molecule has 2 unspecified atom stereocenters. The molecule has 1 heterocycles. The Morgan fingerprint density at radius 1 is 1.14 bits per heavy atom. The Morgan fingerprint density at radius 2 is 1.83 bits per heavy atom. The fourth-order valence-electron chi connectivity index (χ4n) is 5.12. The molecular weight excluding hydrogens is 495 g/mol. The van der Waals surface area contributed by atoms with Crippen LogP contribution < -0.4 is 0 Å². The van der Waals surface area contributed by atoms with E-state index in [2.05, 4.69) is 6.07 Å². The molecule has 0 aromatic heterocycles. The van der Waals surface area contributed by atoms with Crippen LogP contribution in [0.2, 0.25) is 10.0 Å². The van der Waals surface area contributed by atoms with Gasteiger partial charge in [0.05, 0.1) is 18.5 Å². The molecule has 0 saturated carbocycles. The summed E-state index contributed by atoms with van der Waals surface area (Å²) in [6, 6.07) is 17.0. The number of nitrogens with zero attached hydrogens (tertiary/aromatic N) is 2. The molecule has 4 atom stereocenters.